The first-order valence-electron chi connectivity index (χ1n) is 4.47. The van der Waals surface area contributed by atoms with E-state index in [4.69, 9.17) is 5.11 Å². The lowest BCUT2D eigenvalue weighted by Crippen LogP contribution is -2.30. The number of hydrogen-bond acceptors (Lipinski definition) is 2. The van der Waals surface area contributed by atoms with Gasteiger partial charge in [0.1, 0.15) is 12.4 Å². The number of carboxylic acids is 1. The molecule has 1 atom stereocenters. The first kappa shape index (κ1) is 13.3. The maximum Gasteiger partial charge on any atom is 0.423 e. The van der Waals surface area contributed by atoms with E-state index in [1.165, 1.54) is 0 Å². The van der Waals surface area contributed by atoms with E-state index in [1.807, 2.05) is 0 Å². The van der Waals surface area contributed by atoms with Crippen LogP contribution in [0.5, 0.6) is 5.75 Å². The van der Waals surface area contributed by atoms with Crippen molar-refractivity contribution in [3.63, 3.8) is 0 Å². The molecule has 1 N–H and O–H groups in total. The van der Waals surface area contributed by atoms with Gasteiger partial charge in [-0.25, -0.2) is 9.18 Å². The van der Waals surface area contributed by atoms with Gasteiger partial charge in [-0.3, -0.25) is 0 Å². The Kier molecular flexibility index (Phi) is 3.93. The Labute approximate surface area is 93.6 Å². The zero-order valence-corrected chi connectivity index (χ0v) is 8.37. The van der Waals surface area contributed by atoms with Gasteiger partial charge in [-0.05, 0) is 24.3 Å². The van der Waals surface area contributed by atoms with Gasteiger partial charge in [0, 0.05) is 0 Å². The molecule has 0 spiro atoms. The number of halogens is 4. The second kappa shape index (κ2) is 5.03. The van der Waals surface area contributed by atoms with Crippen LogP contribution >= 0.6 is 0 Å². The fourth-order valence-corrected chi connectivity index (χ4v) is 0.958. The number of carboxylic acid groups (broad SMARTS) is 1. The molecule has 17 heavy (non-hydrogen) atoms. The summed E-state index contributed by atoms with van der Waals surface area (Å²) in [6, 6.07) is 4.62. The number of aromatic carboxylic acids is 1. The monoisotopic (exact) mass is 252 g/mol. The van der Waals surface area contributed by atoms with Gasteiger partial charge in [0.15, 0.2) is 0 Å². The lowest BCUT2D eigenvalue weighted by atomic mass is 10.2. The molecule has 3 nitrogen and oxygen atoms in total. The maximum atomic E-state index is 12.5. The topological polar surface area (TPSA) is 46.5 Å². The summed E-state index contributed by atoms with van der Waals surface area (Å²) in [6.45, 7) is -1.16. The van der Waals surface area contributed by atoms with Crippen molar-refractivity contribution in [2.45, 2.75) is 12.3 Å². The second-order valence-electron chi connectivity index (χ2n) is 3.15. The third-order valence-electron chi connectivity index (χ3n) is 1.85. The van der Waals surface area contributed by atoms with E-state index >= 15 is 0 Å². The number of benzene rings is 1. The molecule has 0 bridgehead atoms. The largest absolute Gasteiger partial charge is 0.490 e. The van der Waals surface area contributed by atoms with Crippen molar-refractivity contribution in [1.29, 1.82) is 0 Å². The smallest absolute Gasteiger partial charge is 0.423 e. The Hall–Kier alpha value is -1.79. The normalized spacial score (nSPS) is 13.2. The van der Waals surface area contributed by atoms with E-state index < -0.39 is 24.9 Å². The van der Waals surface area contributed by atoms with E-state index in [1.54, 1.807) is 0 Å². The maximum absolute atomic E-state index is 12.5. The van der Waals surface area contributed by atoms with E-state index in [2.05, 4.69) is 4.74 Å². The molecule has 1 unspecified atom stereocenters. The van der Waals surface area contributed by atoms with Crippen LogP contribution in [0.25, 0.3) is 0 Å². The molecule has 0 heterocycles. The van der Waals surface area contributed by atoms with Crippen molar-refractivity contribution < 1.29 is 32.2 Å². The average Bonchev–Trinajstić information content (AvgIpc) is 2.25. The molecule has 0 saturated heterocycles. The minimum atomic E-state index is -4.96. The highest BCUT2D eigenvalue weighted by molar-refractivity contribution is 5.87. The minimum absolute atomic E-state index is 0.0260. The fraction of sp³-hybridized carbons (Fsp3) is 0.300. The summed E-state index contributed by atoms with van der Waals surface area (Å²) in [7, 11) is 0. The van der Waals surface area contributed by atoms with Crippen LogP contribution in [-0.4, -0.2) is 30.0 Å². The van der Waals surface area contributed by atoms with Crippen molar-refractivity contribution in [1.82, 2.24) is 0 Å². The molecule has 0 aliphatic rings. The van der Waals surface area contributed by atoms with E-state index in [0.717, 1.165) is 24.3 Å². The molecular weight excluding hydrogens is 244 g/mol. The predicted octanol–water partition coefficient (Wildman–Crippen LogP) is 2.66. The van der Waals surface area contributed by atoms with Gasteiger partial charge in [0.05, 0.1) is 5.56 Å². The first-order chi connectivity index (χ1) is 7.80. The molecule has 0 aliphatic carbocycles. The first-order valence-corrected chi connectivity index (χ1v) is 4.47. The van der Waals surface area contributed by atoms with Gasteiger partial charge in [0.25, 0.3) is 0 Å². The molecule has 1 rings (SSSR count). The molecule has 0 fully saturated rings. The van der Waals surface area contributed by atoms with Crippen LogP contribution in [0.2, 0.25) is 0 Å². The summed E-state index contributed by atoms with van der Waals surface area (Å²) in [5.41, 5.74) is -0.0371. The number of carbonyl (C=O) groups is 1. The summed E-state index contributed by atoms with van der Waals surface area (Å²) in [5.74, 6) is -1.20. The summed E-state index contributed by atoms with van der Waals surface area (Å²) in [6.07, 6.45) is -8.03. The van der Waals surface area contributed by atoms with Crippen LogP contribution in [0.1, 0.15) is 10.4 Å². The number of hydrogen-bond donors (Lipinski definition) is 1. The van der Waals surface area contributed by atoms with E-state index in [9.17, 15) is 22.4 Å². The third-order valence-corrected chi connectivity index (χ3v) is 1.85. The van der Waals surface area contributed by atoms with Crippen molar-refractivity contribution in [3.8, 4) is 5.75 Å². The quantitative estimate of drug-likeness (QED) is 0.838. The molecular formula is C10H8F4O3. The van der Waals surface area contributed by atoms with Gasteiger partial charge in [0.2, 0.25) is 6.17 Å². The Morgan fingerprint density at radius 2 is 1.82 bits per heavy atom. The van der Waals surface area contributed by atoms with Crippen LogP contribution in [-0.2, 0) is 0 Å². The van der Waals surface area contributed by atoms with Crippen molar-refractivity contribution in [2.24, 2.45) is 0 Å². The molecule has 7 heteroatoms. The molecule has 0 amide bonds. The van der Waals surface area contributed by atoms with Crippen LogP contribution in [0, 0.1) is 0 Å². The lowest BCUT2D eigenvalue weighted by Gasteiger charge is -2.13. The van der Waals surface area contributed by atoms with Crippen molar-refractivity contribution in [2.75, 3.05) is 6.61 Å². The average molecular weight is 252 g/mol. The second-order valence-corrected chi connectivity index (χ2v) is 3.15. The number of alkyl halides is 4. The summed E-state index contributed by atoms with van der Waals surface area (Å²) < 4.78 is 52.4. The van der Waals surface area contributed by atoms with Gasteiger partial charge >= 0.3 is 12.1 Å². The molecule has 0 radical (unpaired) electrons. The van der Waals surface area contributed by atoms with Crippen LogP contribution < -0.4 is 4.74 Å². The summed E-state index contributed by atoms with van der Waals surface area (Å²) >= 11 is 0. The summed E-state index contributed by atoms with van der Waals surface area (Å²) in [5, 5.41) is 8.55. The zero-order valence-electron chi connectivity index (χ0n) is 8.37. The van der Waals surface area contributed by atoms with E-state index in [-0.39, 0.29) is 11.3 Å². The van der Waals surface area contributed by atoms with Crippen molar-refractivity contribution >= 4 is 5.97 Å². The minimum Gasteiger partial charge on any atom is -0.490 e. The molecule has 94 valence electrons. The number of rotatable bonds is 4. The van der Waals surface area contributed by atoms with Gasteiger partial charge in [-0.15, -0.1) is 0 Å². The molecule has 0 aromatic heterocycles. The number of ether oxygens (including phenoxy) is 1. The molecule has 1 aromatic rings. The highest BCUT2D eigenvalue weighted by Gasteiger charge is 2.40. The van der Waals surface area contributed by atoms with E-state index in [0.29, 0.717) is 0 Å². The molecule has 0 aliphatic heterocycles. The molecule has 1 aromatic carbocycles. The Bertz CT molecular complexity index is 386. The predicted molar refractivity (Wildman–Crippen MR) is 49.8 cm³/mol. The fourth-order valence-electron chi connectivity index (χ4n) is 0.958. The Balaban J connectivity index is 2.56. The lowest BCUT2D eigenvalue weighted by molar-refractivity contribution is -0.187. The summed E-state index contributed by atoms with van der Waals surface area (Å²) in [4.78, 5) is 10.5. The van der Waals surface area contributed by atoms with Crippen LogP contribution in [0.15, 0.2) is 24.3 Å². The Morgan fingerprint density at radius 1 is 1.29 bits per heavy atom. The van der Waals surface area contributed by atoms with Gasteiger partial charge < -0.3 is 9.84 Å². The highest BCUT2D eigenvalue weighted by Crippen LogP contribution is 2.23. The third kappa shape index (κ3) is 3.93. The standard InChI is InChI=1S/C10H8F4O3/c11-8(10(12,13)14)5-17-7-3-1-6(2-4-7)9(15)16/h1-4,8H,5H2,(H,15,16). The van der Waals surface area contributed by atoms with Crippen LogP contribution in [0.3, 0.4) is 0 Å². The zero-order chi connectivity index (χ0) is 13.1. The van der Waals surface area contributed by atoms with Gasteiger partial charge in [-0.2, -0.15) is 13.2 Å². The van der Waals surface area contributed by atoms with Crippen LogP contribution in [0.4, 0.5) is 17.6 Å². The SMILES string of the molecule is O=C(O)c1ccc(OCC(F)C(F)(F)F)cc1. The Morgan fingerprint density at radius 3 is 2.24 bits per heavy atom. The molecule has 0 saturated carbocycles. The van der Waals surface area contributed by atoms with Gasteiger partial charge in [-0.1, -0.05) is 0 Å². The highest BCUT2D eigenvalue weighted by atomic mass is 19.4. The van der Waals surface area contributed by atoms with Crippen molar-refractivity contribution in [3.05, 3.63) is 29.8 Å².